The van der Waals surface area contributed by atoms with Gasteiger partial charge in [0.1, 0.15) is 5.82 Å². The number of carbonyl (C=O) groups is 1. The second-order valence-electron chi connectivity index (χ2n) is 6.59. The fourth-order valence-corrected chi connectivity index (χ4v) is 3.18. The number of nitrogens with zero attached hydrogens (tertiary/aromatic N) is 4. The minimum Gasteiger partial charge on any atom is -0.386 e. The maximum atomic E-state index is 12.0. The fourth-order valence-electron chi connectivity index (χ4n) is 3.18. The second-order valence-corrected chi connectivity index (χ2v) is 6.59. The molecule has 134 valence electrons. The highest BCUT2D eigenvalue weighted by molar-refractivity contribution is 5.75. The first-order chi connectivity index (χ1) is 12.1. The number of rotatable bonds is 7. The van der Waals surface area contributed by atoms with Crippen molar-refractivity contribution in [3.63, 3.8) is 0 Å². The summed E-state index contributed by atoms with van der Waals surface area (Å²) < 4.78 is 1.81. The molecule has 3 heterocycles. The van der Waals surface area contributed by atoms with E-state index in [9.17, 15) is 9.90 Å². The number of aryl methyl sites for hydroxylation is 1. The van der Waals surface area contributed by atoms with Crippen molar-refractivity contribution >= 4 is 11.7 Å². The molecule has 2 aromatic heterocycles. The number of aromatic nitrogens is 3. The van der Waals surface area contributed by atoms with E-state index in [1.54, 1.807) is 12.4 Å². The summed E-state index contributed by atoms with van der Waals surface area (Å²) in [6.45, 7) is 2.35. The monoisotopic (exact) mass is 343 g/mol. The predicted molar refractivity (Wildman–Crippen MR) is 95.1 cm³/mol. The van der Waals surface area contributed by atoms with Gasteiger partial charge >= 0.3 is 0 Å². The number of piperidine rings is 1. The van der Waals surface area contributed by atoms with Crippen molar-refractivity contribution in [1.82, 2.24) is 20.1 Å². The Balaban J connectivity index is 1.44. The van der Waals surface area contributed by atoms with Gasteiger partial charge in [0.25, 0.3) is 0 Å². The minimum atomic E-state index is -0.909. The van der Waals surface area contributed by atoms with Gasteiger partial charge in [-0.25, -0.2) is 4.98 Å². The van der Waals surface area contributed by atoms with E-state index in [1.807, 2.05) is 35.1 Å². The summed E-state index contributed by atoms with van der Waals surface area (Å²) in [5.41, 5.74) is -0.909. The lowest BCUT2D eigenvalue weighted by atomic mass is 9.92. The number of β-amino-alcohol motifs (C(OH)–C–C–N with tert-alkyl or cyclic N) is 1. The number of amides is 1. The van der Waals surface area contributed by atoms with Gasteiger partial charge in [0.2, 0.25) is 5.91 Å². The summed E-state index contributed by atoms with van der Waals surface area (Å²) >= 11 is 0. The van der Waals surface area contributed by atoms with Crippen LogP contribution in [0.5, 0.6) is 0 Å². The number of carbonyl (C=O) groups excluding carboxylic acids is 1. The Morgan fingerprint density at radius 2 is 2.24 bits per heavy atom. The summed E-state index contributed by atoms with van der Waals surface area (Å²) in [5, 5.41) is 17.8. The van der Waals surface area contributed by atoms with Crippen molar-refractivity contribution in [2.75, 3.05) is 24.5 Å². The van der Waals surface area contributed by atoms with Crippen molar-refractivity contribution in [3.8, 4) is 0 Å². The van der Waals surface area contributed by atoms with Gasteiger partial charge in [-0.2, -0.15) is 5.10 Å². The molecular weight excluding hydrogens is 318 g/mol. The average Bonchev–Trinajstić information content (AvgIpc) is 3.14. The van der Waals surface area contributed by atoms with Gasteiger partial charge in [-0.3, -0.25) is 9.48 Å². The standard InChI is InChI=1S/C18H25N5O2/c24-17(7-3-12-23-13-5-10-21-23)20-14-18(25)8-4-11-22(15-18)16-6-1-2-9-19-16/h1-2,5-6,9-10,13,25H,3-4,7-8,11-12,14-15H2,(H,20,24)/t18-/m1/s1. The summed E-state index contributed by atoms with van der Waals surface area (Å²) in [7, 11) is 0. The Morgan fingerprint density at radius 1 is 1.32 bits per heavy atom. The van der Waals surface area contributed by atoms with Crippen molar-refractivity contribution in [3.05, 3.63) is 42.9 Å². The van der Waals surface area contributed by atoms with Crippen LogP contribution in [0.25, 0.3) is 0 Å². The van der Waals surface area contributed by atoms with Gasteiger partial charge in [-0.15, -0.1) is 0 Å². The van der Waals surface area contributed by atoms with Crippen LogP contribution in [-0.2, 0) is 11.3 Å². The maximum absolute atomic E-state index is 12.0. The summed E-state index contributed by atoms with van der Waals surface area (Å²) in [6, 6.07) is 7.63. The Bertz CT molecular complexity index is 661. The van der Waals surface area contributed by atoms with Gasteiger partial charge in [-0.05, 0) is 37.5 Å². The third-order valence-corrected chi connectivity index (χ3v) is 4.49. The second kappa shape index (κ2) is 8.11. The van der Waals surface area contributed by atoms with E-state index in [0.717, 1.165) is 31.7 Å². The van der Waals surface area contributed by atoms with Crippen molar-refractivity contribution in [2.24, 2.45) is 0 Å². The molecule has 25 heavy (non-hydrogen) atoms. The Morgan fingerprint density at radius 3 is 3.00 bits per heavy atom. The van der Waals surface area contributed by atoms with Crippen molar-refractivity contribution in [1.29, 1.82) is 0 Å². The number of nitrogens with one attached hydrogen (secondary N) is 1. The van der Waals surface area contributed by atoms with E-state index in [-0.39, 0.29) is 12.5 Å². The largest absolute Gasteiger partial charge is 0.386 e. The number of pyridine rings is 1. The van der Waals surface area contributed by atoms with E-state index in [2.05, 4.69) is 20.3 Å². The quantitative estimate of drug-likeness (QED) is 0.789. The zero-order chi connectivity index (χ0) is 17.5. The highest BCUT2D eigenvalue weighted by atomic mass is 16.3. The highest BCUT2D eigenvalue weighted by Gasteiger charge is 2.34. The third-order valence-electron chi connectivity index (χ3n) is 4.49. The molecular formula is C18H25N5O2. The summed E-state index contributed by atoms with van der Waals surface area (Å²) in [5.74, 6) is 0.835. The molecule has 1 aliphatic heterocycles. The molecule has 0 spiro atoms. The molecule has 1 fully saturated rings. The Kier molecular flexibility index (Phi) is 5.65. The van der Waals surface area contributed by atoms with E-state index in [0.29, 0.717) is 19.4 Å². The van der Waals surface area contributed by atoms with Crippen molar-refractivity contribution < 1.29 is 9.90 Å². The molecule has 7 heteroatoms. The van der Waals surface area contributed by atoms with Crippen LogP contribution in [0.15, 0.2) is 42.9 Å². The summed E-state index contributed by atoms with van der Waals surface area (Å²) in [6.07, 6.45) is 8.09. The fraction of sp³-hybridized carbons (Fsp3) is 0.500. The SMILES string of the molecule is O=C(CCCn1cccn1)NC[C@]1(O)CCCN(c2ccccn2)C1. The van der Waals surface area contributed by atoms with Crippen LogP contribution >= 0.6 is 0 Å². The van der Waals surface area contributed by atoms with Crippen LogP contribution < -0.4 is 10.2 Å². The number of hydrogen-bond donors (Lipinski definition) is 2. The first-order valence-corrected chi connectivity index (χ1v) is 8.77. The Labute approximate surface area is 147 Å². The third kappa shape index (κ3) is 5.03. The van der Waals surface area contributed by atoms with Gasteiger partial charge in [0.15, 0.2) is 0 Å². The smallest absolute Gasteiger partial charge is 0.220 e. The zero-order valence-corrected chi connectivity index (χ0v) is 14.3. The predicted octanol–water partition coefficient (Wildman–Crippen LogP) is 1.21. The molecule has 1 atom stereocenters. The Hall–Kier alpha value is -2.41. The molecule has 0 bridgehead atoms. The molecule has 0 aliphatic carbocycles. The molecule has 2 aromatic rings. The van der Waals surface area contributed by atoms with Crippen LogP contribution in [0, 0.1) is 0 Å². The molecule has 2 N–H and O–H groups in total. The number of anilines is 1. The lowest BCUT2D eigenvalue weighted by molar-refractivity contribution is -0.122. The molecule has 0 aromatic carbocycles. The van der Waals surface area contributed by atoms with Crippen LogP contribution in [0.3, 0.4) is 0 Å². The van der Waals surface area contributed by atoms with Crippen LogP contribution in [0.1, 0.15) is 25.7 Å². The normalized spacial score (nSPS) is 20.4. The molecule has 0 saturated carbocycles. The van der Waals surface area contributed by atoms with E-state index >= 15 is 0 Å². The zero-order valence-electron chi connectivity index (χ0n) is 14.3. The molecule has 1 saturated heterocycles. The molecule has 3 rings (SSSR count). The summed E-state index contributed by atoms with van der Waals surface area (Å²) in [4.78, 5) is 18.5. The molecule has 0 unspecified atom stereocenters. The van der Waals surface area contributed by atoms with Crippen LogP contribution in [0.2, 0.25) is 0 Å². The van der Waals surface area contributed by atoms with Gasteiger partial charge in [0, 0.05) is 51.2 Å². The first kappa shape index (κ1) is 17.4. The maximum Gasteiger partial charge on any atom is 0.220 e. The van der Waals surface area contributed by atoms with E-state index < -0.39 is 5.60 Å². The van der Waals surface area contributed by atoms with Gasteiger partial charge in [-0.1, -0.05) is 6.07 Å². The van der Waals surface area contributed by atoms with E-state index in [1.165, 1.54) is 0 Å². The van der Waals surface area contributed by atoms with Crippen molar-refractivity contribution in [2.45, 2.75) is 37.8 Å². The average molecular weight is 343 g/mol. The molecule has 1 aliphatic rings. The first-order valence-electron chi connectivity index (χ1n) is 8.77. The lowest BCUT2D eigenvalue weighted by Gasteiger charge is -2.39. The topological polar surface area (TPSA) is 83.3 Å². The number of hydrogen-bond acceptors (Lipinski definition) is 5. The number of aliphatic hydroxyl groups is 1. The highest BCUT2D eigenvalue weighted by Crippen LogP contribution is 2.24. The minimum absolute atomic E-state index is 0.0319. The molecule has 0 radical (unpaired) electrons. The van der Waals surface area contributed by atoms with E-state index in [4.69, 9.17) is 0 Å². The molecule has 7 nitrogen and oxygen atoms in total. The van der Waals surface area contributed by atoms with Crippen LogP contribution in [0.4, 0.5) is 5.82 Å². The van der Waals surface area contributed by atoms with Gasteiger partial charge in [0.05, 0.1) is 5.60 Å². The molecule has 1 amide bonds. The van der Waals surface area contributed by atoms with Crippen LogP contribution in [-0.4, -0.2) is 51.0 Å². The van der Waals surface area contributed by atoms with Gasteiger partial charge < -0.3 is 15.3 Å². The lowest BCUT2D eigenvalue weighted by Crippen LogP contribution is -2.54.